The zero-order valence-electron chi connectivity index (χ0n) is 10.4. The van der Waals surface area contributed by atoms with Crippen LogP contribution in [0.25, 0.3) is 0 Å². The number of Topliss-reactive ketones (excluding diaryl/α,β-unsaturated/α-hetero) is 1. The molecular weight excluding hydrogens is 277 g/mol. The maximum absolute atomic E-state index is 12.9. The van der Waals surface area contributed by atoms with Gasteiger partial charge in [-0.2, -0.15) is 13.2 Å². The normalized spacial score (nSPS) is 23.6. The number of carboxylic acid groups (broad SMARTS) is 1. The van der Waals surface area contributed by atoms with Crippen molar-refractivity contribution in [2.24, 2.45) is 11.8 Å². The van der Waals surface area contributed by atoms with Crippen molar-refractivity contribution in [3.63, 3.8) is 0 Å². The van der Waals surface area contributed by atoms with Gasteiger partial charge in [-0.05, 0) is 25.0 Å². The van der Waals surface area contributed by atoms with Crippen LogP contribution < -0.4 is 0 Å². The third kappa shape index (κ3) is 2.86. The number of ketones is 1. The van der Waals surface area contributed by atoms with Crippen LogP contribution in [0.15, 0.2) is 16.5 Å². The van der Waals surface area contributed by atoms with Crippen molar-refractivity contribution in [1.29, 1.82) is 0 Å². The first-order valence-electron chi connectivity index (χ1n) is 6.24. The maximum atomic E-state index is 12.9. The van der Waals surface area contributed by atoms with Gasteiger partial charge in [-0.25, -0.2) is 4.79 Å². The van der Waals surface area contributed by atoms with Gasteiger partial charge in [0.1, 0.15) is 0 Å². The molecule has 0 spiro atoms. The first-order valence-corrected chi connectivity index (χ1v) is 6.24. The summed E-state index contributed by atoms with van der Waals surface area (Å²) in [5.41, 5.74) is 0. The lowest BCUT2D eigenvalue weighted by Gasteiger charge is -2.31. The minimum absolute atomic E-state index is 0.0770. The van der Waals surface area contributed by atoms with Gasteiger partial charge in [0, 0.05) is 5.92 Å². The summed E-state index contributed by atoms with van der Waals surface area (Å²) in [7, 11) is 0. The summed E-state index contributed by atoms with van der Waals surface area (Å²) in [6.45, 7) is 0. The molecule has 1 N–H and O–H groups in total. The van der Waals surface area contributed by atoms with Gasteiger partial charge in [0.2, 0.25) is 11.5 Å². The van der Waals surface area contributed by atoms with Gasteiger partial charge in [0.25, 0.3) is 0 Å². The zero-order chi connectivity index (χ0) is 14.9. The van der Waals surface area contributed by atoms with Crippen LogP contribution in [0.4, 0.5) is 13.2 Å². The quantitative estimate of drug-likeness (QED) is 0.865. The first-order chi connectivity index (χ1) is 9.30. The number of rotatable bonds is 3. The summed E-state index contributed by atoms with van der Waals surface area (Å²) in [5.74, 6) is -5.76. The molecule has 0 amide bonds. The lowest BCUT2D eigenvalue weighted by atomic mass is 9.76. The molecule has 1 saturated carbocycles. The van der Waals surface area contributed by atoms with Gasteiger partial charge in [-0.15, -0.1) is 0 Å². The van der Waals surface area contributed by atoms with Crippen molar-refractivity contribution in [1.82, 2.24) is 0 Å². The fourth-order valence-electron chi connectivity index (χ4n) is 2.60. The van der Waals surface area contributed by atoms with Gasteiger partial charge < -0.3 is 9.52 Å². The molecular formula is C13H13F3O4. The average molecular weight is 290 g/mol. The number of carboxylic acids is 1. The van der Waals surface area contributed by atoms with Crippen LogP contribution in [0, 0.1) is 11.8 Å². The summed E-state index contributed by atoms with van der Waals surface area (Å²) in [6, 6.07) is 2.19. The topological polar surface area (TPSA) is 67.5 Å². The second-order valence-electron chi connectivity index (χ2n) is 4.87. The summed E-state index contributed by atoms with van der Waals surface area (Å²) in [6.07, 6.45) is -3.37. The zero-order valence-corrected chi connectivity index (χ0v) is 10.4. The van der Waals surface area contributed by atoms with Crippen molar-refractivity contribution in [2.45, 2.75) is 31.9 Å². The molecule has 2 atom stereocenters. The molecule has 0 bridgehead atoms. The van der Waals surface area contributed by atoms with Crippen molar-refractivity contribution in [2.75, 3.05) is 0 Å². The molecule has 20 heavy (non-hydrogen) atoms. The largest absolute Gasteiger partial charge is 0.475 e. The predicted octanol–water partition coefficient (Wildman–Crippen LogP) is 3.53. The van der Waals surface area contributed by atoms with Crippen molar-refractivity contribution >= 4 is 11.8 Å². The Morgan fingerprint density at radius 1 is 1.15 bits per heavy atom. The van der Waals surface area contributed by atoms with Crippen molar-refractivity contribution in [3.05, 3.63) is 23.7 Å². The van der Waals surface area contributed by atoms with E-state index in [4.69, 9.17) is 9.52 Å². The van der Waals surface area contributed by atoms with Gasteiger partial charge >= 0.3 is 12.1 Å². The molecule has 2 rings (SSSR count). The summed E-state index contributed by atoms with van der Waals surface area (Å²) < 4.78 is 43.6. The van der Waals surface area contributed by atoms with E-state index >= 15 is 0 Å². The molecule has 1 aliphatic carbocycles. The Labute approximate surface area is 112 Å². The fourth-order valence-corrected chi connectivity index (χ4v) is 2.60. The minimum atomic E-state index is -4.43. The lowest BCUT2D eigenvalue weighted by Crippen LogP contribution is -2.37. The van der Waals surface area contributed by atoms with Crippen LogP contribution >= 0.6 is 0 Å². The number of carbonyl (C=O) groups excluding carboxylic acids is 1. The SMILES string of the molecule is O=C(O)c1ccc(C(=O)C2CCCCC2C(F)(F)F)o1. The number of carbonyl (C=O) groups is 2. The van der Waals surface area contributed by atoms with E-state index < -0.39 is 35.5 Å². The lowest BCUT2D eigenvalue weighted by molar-refractivity contribution is -0.191. The third-order valence-corrected chi connectivity index (χ3v) is 3.58. The van der Waals surface area contributed by atoms with Crippen LogP contribution in [0.5, 0.6) is 0 Å². The summed E-state index contributed by atoms with van der Waals surface area (Å²) >= 11 is 0. The van der Waals surface area contributed by atoms with E-state index in [2.05, 4.69) is 0 Å². The molecule has 4 nitrogen and oxygen atoms in total. The van der Waals surface area contributed by atoms with E-state index in [0.717, 1.165) is 12.1 Å². The van der Waals surface area contributed by atoms with E-state index in [1.807, 2.05) is 0 Å². The predicted molar refractivity (Wildman–Crippen MR) is 61.5 cm³/mol. The van der Waals surface area contributed by atoms with Crippen molar-refractivity contribution in [3.8, 4) is 0 Å². The number of hydrogen-bond donors (Lipinski definition) is 1. The van der Waals surface area contributed by atoms with E-state index in [0.29, 0.717) is 12.8 Å². The monoisotopic (exact) mass is 290 g/mol. The molecule has 1 aromatic rings. The Bertz CT molecular complexity index is 518. The smallest absolute Gasteiger partial charge is 0.392 e. The second-order valence-corrected chi connectivity index (χ2v) is 4.87. The molecule has 7 heteroatoms. The van der Waals surface area contributed by atoms with Gasteiger partial charge in [-0.3, -0.25) is 4.79 Å². The van der Waals surface area contributed by atoms with Crippen LogP contribution in [0.3, 0.4) is 0 Å². The Hall–Kier alpha value is -1.79. The number of halogens is 3. The number of alkyl halides is 3. The molecule has 1 aliphatic rings. The van der Waals surface area contributed by atoms with E-state index in [1.54, 1.807) is 0 Å². The second kappa shape index (κ2) is 5.30. The molecule has 1 heterocycles. The van der Waals surface area contributed by atoms with E-state index in [1.165, 1.54) is 0 Å². The van der Waals surface area contributed by atoms with Gasteiger partial charge in [0.05, 0.1) is 5.92 Å². The molecule has 0 radical (unpaired) electrons. The molecule has 1 fully saturated rings. The highest BCUT2D eigenvalue weighted by molar-refractivity contribution is 5.97. The molecule has 0 aliphatic heterocycles. The molecule has 2 unspecified atom stereocenters. The maximum Gasteiger partial charge on any atom is 0.392 e. The Morgan fingerprint density at radius 3 is 2.30 bits per heavy atom. The summed E-state index contributed by atoms with van der Waals surface area (Å²) in [5, 5.41) is 8.69. The number of hydrogen-bond acceptors (Lipinski definition) is 3. The molecule has 1 aromatic heterocycles. The van der Waals surface area contributed by atoms with Gasteiger partial charge in [0.15, 0.2) is 5.76 Å². The summed E-state index contributed by atoms with van der Waals surface area (Å²) in [4.78, 5) is 22.8. The van der Waals surface area contributed by atoms with E-state index in [-0.39, 0.29) is 18.6 Å². The Balaban J connectivity index is 2.23. The van der Waals surface area contributed by atoms with Crippen LogP contribution in [-0.4, -0.2) is 23.0 Å². The fraction of sp³-hybridized carbons (Fsp3) is 0.538. The number of furan rings is 1. The van der Waals surface area contributed by atoms with E-state index in [9.17, 15) is 22.8 Å². The Kier molecular flexibility index (Phi) is 3.87. The third-order valence-electron chi connectivity index (χ3n) is 3.58. The molecule has 0 aromatic carbocycles. The number of aromatic carboxylic acids is 1. The highest BCUT2D eigenvalue weighted by Gasteiger charge is 2.48. The standard InChI is InChI=1S/C13H13F3O4/c14-13(15,16)8-4-2-1-3-7(8)11(17)9-5-6-10(20-9)12(18)19/h5-8H,1-4H2,(H,18,19). The molecule has 0 saturated heterocycles. The Morgan fingerprint density at radius 2 is 1.75 bits per heavy atom. The van der Waals surface area contributed by atoms with Crippen LogP contribution in [-0.2, 0) is 0 Å². The van der Waals surface area contributed by atoms with Crippen LogP contribution in [0.1, 0.15) is 46.8 Å². The van der Waals surface area contributed by atoms with Crippen molar-refractivity contribution < 1.29 is 32.3 Å². The van der Waals surface area contributed by atoms with Gasteiger partial charge in [-0.1, -0.05) is 12.8 Å². The average Bonchev–Trinajstić information content (AvgIpc) is 2.86. The minimum Gasteiger partial charge on any atom is -0.475 e. The highest BCUT2D eigenvalue weighted by Crippen LogP contribution is 2.42. The highest BCUT2D eigenvalue weighted by atomic mass is 19.4. The van der Waals surface area contributed by atoms with Crippen LogP contribution in [0.2, 0.25) is 0 Å². The molecule has 110 valence electrons. The first kappa shape index (κ1) is 14.6.